The first-order chi connectivity index (χ1) is 8.11. The highest BCUT2D eigenvalue weighted by Gasteiger charge is 2.17. The van der Waals surface area contributed by atoms with E-state index in [0.29, 0.717) is 14.4 Å². The first-order valence-corrected chi connectivity index (χ1v) is 6.73. The van der Waals surface area contributed by atoms with Crippen LogP contribution in [0.5, 0.6) is 0 Å². The lowest BCUT2D eigenvalue weighted by Crippen LogP contribution is -2.28. The first kappa shape index (κ1) is 13.1. The zero-order chi connectivity index (χ0) is 12.4. The van der Waals surface area contributed by atoms with Crippen LogP contribution in [0.1, 0.15) is 16.5 Å². The van der Waals surface area contributed by atoms with Gasteiger partial charge in [-0.2, -0.15) is 0 Å². The summed E-state index contributed by atoms with van der Waals surface area (Å²) in [6.45, 7) is 0. The van der Waals surface area contributed by atoms with Gasteiger partial charge in [0.05, 0.1) is 10.4 Å². The summed E-state index contributed by atoms with van der Waals surface area (Å²) in [6.07, 6.45) is 0. The summed E-state index contributed by atoms with van der Waals surface area (Å²) >= 11 is 19.5. The molecule has 0 aliphatic heterocycles. The van der Waals surface area contributed by atoms with Crippen LogP contribution in [0.2, 0.25) is 14.4 Å². The van der Waals surface area contributed by atoms with Crippen molar-refractivity contribution in [1.29, 1.82) is 0 Å². The predicted octanol–water partition coefficient (Wildman–Crippen LogP) is 4.26. The van der Waals surface area contributed by atoms with E-state index in [1.54, 1.807) is 18.2 Å². The SMILES string of the molecule is NNC(c1ccc(Cl)s1)c1cc(Cl)ccc1Cl. The quantitative estimate of drug-likeness (QED) is 0.657. The van der Waals surface area contributed by atoms with Crippen LogP contribution >= 0.6 is 46.1 Å². The van der Waals surface area contributed by atoms with E-state index in [1.165, 1.54) is 11.3 Å². The second-order valence-electron chi connectivity index (χ2n) is 3.41. The van der Waals surface area contributed by atoms with Gasteiger partial charge < -0.3 is 0 Å². The molecule has 17 heavy (non-hydrogen) atoms. The predicted molar refractivity (Wildman–Crippen MR) is 75.0 cm³/mol. The fourth-order valence-corrected chi connectivity index (χ4v) is 3.09. The highest BCUT2D eigenvalue weighted by molar-refractivity contribution is 7.16. The molecular weight excluding hydrogens is 299 g/mol. The number of hydrazine groups is 1. The molecule has 0 bridgehead atoms. The van der Waals surface area contributed by atoms with Gasteiger partial charge in [-0.25, -0.2) is 5.43 Å². The Morgan fingerprint density at radius 3 is 2.47 bits per heavy atom. The number of benzene rings is 1. The van der Waals surface area contributed by atoms with Crippen molar-refractivity contribution < 1.29 is 0 Å². The Hall–Kier alpha value is -0.290. The minimum absolute atomic E-state index is 0.210. The zero-order valence-electron chi connectivity index (χ0n) is 8.58. The Bertz CT molecular complexity index is 527. The third-order valence-corrected chi connectivity index (χ3v) is 4.19. The van der Waals surface area contributed by atoms with Gasteiger partial charge in [0.1, 0.15) is 0 Å². The van der Waals surface area contributed by atoms with Crippen molar-refractivity contribution in [3.05, 3.63) is 55.2 Å². The van der Waals surface area contributed by atoms with E-state index >= 15 is 0 Å². The second kappa shape index (κ2) is 5.57. The van der Waals surface area contributed by atoms with Gasteiger partial charge in [-0.3, -0.25) is 5.84 Å². The average Bonchev–Trinajstić information content (AvgIpc) is 2.71. The van der Waals surface area contributed by atoms with E-state index in [-0.39, 0.29) is 6.04 Å². The van der Waals surface area contributed by atoms with E-state index in [1.807, 2.05) is 12.1 Å². The molecule has 2 nitrogen and oxygen atoms in total. The van der Waals surface area contributed by atoms with Crippen LogP contribution in [-0.2, 0) is 0 Å². The fraction of sp³-hybridized carbons (Fsp3) is 0.0909. The number of hydrogen-bond acceptors (Lipinski definition) is 3. The van der Waals surface area contributed by atoms with Gasteiger partial charge in [0.25, 0.3) is 0 Å². The van der Waals surface area contributed by atoms with Crippen LogP contribution in [0.4, 0.5) is 0 Å². The molecule has 0 fully saturated rings. The van der Waals surface area contributed by atoms with Crippen LogP contribution < -0.4 is 11.3 Å². The first-order valence-electron chi connectivity index (χ1n) is 4.78. The molecule has 0 aliphatic carbocycles. The van der Waals surface area contributed by atoms with Crippen molar-refractivity contribution >= 4 is 46.1 Å². The number of hydrogen-bond donors (Lipinski definition) is 2. The van der Waals surface area contributed by atoms with E-state index in [4.69, 9.17) is 40.6 Å². The second-order valence-corrected chi connectivity index (χ2v) is 6.00. The number of thiophene rings is 1. The van der Waals surface area contributed by atoms with Crippen molar-refractivity contribution in [3.8, 4) is 0 Å². The van der Waals surface area contributed by atoms with E-state index in [9.17, 15) is 0 Å². The summed E-state index contributed by atoms with van der Waals surface area (Å²) in [5.41, 5.74) is 3.56. The molecule has 0 radical (unpaired) electrons. The summed E-state index contributed by atoms with van der Waals surface area (Å²) in [5, 5.41) is 1.23. The number of rotatable bonds is 3. The monoisotopic (exact) mass is 306 g/mol. The van der Waals surface area contributed by atoms with Crippen molar-refractivity contribution in [2.24, 2.45) is 5.84 Å². The van der Waals surface area contributed by atoms with Gasteiger partial charge in [0.2, 0.25) is 0 Å². The highest BCUT2D eigenvalue weighted by atomic mass is 35.5. The van der Waals surface area contributed by atoms with Gasteiger partial charge in [0, 0.05) is 14.9 Å². The molecule has 0 amide bonds. The van der Waals surface area contributed by atoms with Gasteiger partial charge in [-0.05, 0) is 35.9 Å². The van der Waals surface area contributed by atoms with Crippen LogP contribution in [-0.4, -0.2) is 0 Å². The van der Waals surface area contributed by atoms with Gasteiger partial charge >= 0.3 is 0 Å². The summed E-state index contributed by atoms with van der Waals surface area (Å²) in [6, 6.07) is 8.81. The van der Waals surface area contributed by atoms with Crippen molar-refractivity contribution in [1.82, 2.24) is 5.43 Å². The van der Waals surface area contributed by atoms with Crippen molar-refractivity contribution in [2.45, 2.75) is 6.04 Å². The number of nitrogens with one attached hydrogen (secondary N) is 1. The Balaban J connectivity index is 2.45. The maximum absolute atomic E-state index is 6.14. The van der Waals surface area contributed by atoms with Crippen LogP contribution in [0.25, 0.3) is 0 Å². The molecule has 0 saturated heterocycles. The molecule has 3 N–H and O–H groups in total. The average molecular weight is 308 g/mol. The van der Waals surface area contributed by atoms with Crippen LogP contribution in [0.3, 0.4) is 0 Å². The summed E-state index contributed by atoms with van der Waals surface area (Å²) < 4.78 is 0.707. The van der Waals surface area contributed by atoms with Gasteiger partial charge in [-0.1, -0.05) is 34.8 Å². The summed E-state index contributed by atoms with van der Waals surface area (Å²) in [5.74, 6) is 5.58. The normalized spacial score (nSPS) is 12.7. The highest BCUT2D eigenvalue weighted by Crippen LogP contribution is 2.34. The molecule has 90 valence electrons. The smallest absolute Gasteiger partial charge is 0.0931 e. The largest absolute Gasteiger partial charge is 0.271 e. The number of halogens is 3. The topological polar surface area (TPSA) is 38.0 Å². The van der Waals surface area contributed by atoms with Crippen molar-refractivity contribution in [3.63, 3.8) is 0 Å². The third-order valence-electron chi connectivity index (χ3n) is 2.31. The van der Waals surface area contributed by atoms with Crippen LogP contribution in [0, 0.1) is 0 Å². The minimum Gasteiger partial charge on any atom is -0.271 e. The lowest BCUT2D eigenvalue weighted by atomic mass is 10.1. The molecule has 1 heterocycles. The standard InChI is InChI=1S/C11H9Cl3N2S/c12-6-1-2-8(13)7(5-6)11(16-15)9-3-4-10(14)17-9/h1-5,11,16H,15H2. The lowest BCUT2D eigenvalue weighted by molar-refractivity contribution is 0.647. The van der Waals surface area contributed by atoms with E-state index < -0.39 is 0 Å². The molecule has 0 spiro atoms. The Morgan fingerprint density at radius 2 is 1.88 bits per heavy atom. The molecule has 2 rings (SSSR count). The van der Waals surface area contributed by atoms with Crippen LogP contribution in [0.15, 0.2) is 30.3 Å². The maximum atomic E-state index is 6.14. The minimum atomic E-state index is -0.210. The molecule has 0 saturated carbocycles. The maximum Gasteiger partial charge on any atom is 0.0931 e. The number of nitrogens with two attached hydrogens (primary N) is 1. The third kappa shape index (κ3) is 2.94. The molecule has 1 aromatic heterocycles. The van der Waals surface area contributed by atoms with E-state index in [0.717, 1.165) is 10.4 Å². The summed E-state index contributed by atoms with van der Waals surface area (Å²) in [4.78, 5) is 0.988. The molecule has 1 aromatic carbocycles. The molecule has 6 heteroatoms. The molecule has 1 unspecified atom stereocenters. The Kier molecular flexibility index (Phi) is 4.31. The Morgan fingerprint density at radius 1 is 1.12 bits per heavy atom. The van der Waals surface area contributed by atoms with Gasteiger partial charge in [0.15, 0.2) is 0 Å². The fourth-order valence-electron chi connectivity index (χ4n) is 1.54. The van der Waals surface area contributed by atoms with Crippen molar-refractivity contribution in [2.75, 3.05) is 0 Å². The Labute approximate surface area is 118 Å². The molecule has 1 atom stereocenters. The molecule has 0 aliphatic rings. The van der Waals surface area contributed by atoms with Gasteiger partial charge in [-0.15, -0.1) is 11.3 Å². The zero-order valence-corrected chi connectivity index (χ0v) is 11.7. The van der Waals surface area contributed by atoms with E-state index in [2.05, 4.69) is 5.43 Å². The molecule has 2 aromatic rings. The summed E-state index contributed by atoms with van der Waals surface area (Å²) in [7, 11) is 0. The molecular formula is C11H9Cl3N2S. The lowest BCUT2D eigenvalue weighted by Gasteiger charge is -2.16.